The largest absolute Gasteiger partial charge is 0.300 e. The number of unbranched alkanes of at least 4 members (excludes halogenated alkanes) is 2. The Morgan fingerprint density at radius 3 is 3.00 bits per heavy atom. The lowest BCUT2D eigenvalue weighted by Crippen LogP contribution is -2.29. The molecule has 1 saturated heterocycles. The van der Waals surface area contributed by atoms with E-state index >= 15 is 0 Å². The van der Waals surface area contributed by atoms with E-state index in [-0.39, 0.29) is 0 Å². The molecule has 0 aromatic rings. The predicted molar refractivity (Wildman–Crippen MR) is 54.4 cm³/mol. The van der Waals surface area contributed by atoms with E-state index < -0.39 is 0 Å². The van der Waals surface area contributed by atoms with Gasteiger partial charge in [0.25, 0.3) is 0 Å². The fourth-order valence-corrected chi connectivity index (χ4v) is 2.17. The Kier molecular flexibility index (Phi) is 4.85. The van der Waals surface area contributed by atoms with Crippen LogP contribution in [0.5, 0.6) is 0 Å². The molecule has 0 amide bonds. The van der Waals surface area contributed by atoms with Gasteiger partial charge in [-0.25, -0.2) is 0 Å². The zero-order valence-corrected chi connectivity index (χ0v) is 8.63. The van der Waals surface area contributed by atoms with Crippen molar-refractivity contribution in [3.05, 3.63) is 0 Å². The van der Waals surface area contributed by atoms with Crippen LogP contribution in [0.15, 0.2) is 0 Å². The van der Waals surface area contributed by atoms with E-state index in [4.69, 9.17) is 5.26 Å². The molecule has 13 heavy (non-hydrogen) atoms. The second-order valence-corrected chi connectivity index (χ2v) is 3.86. The first-order chi connectivity index (χ1) is 6.38. The van der Waals surface area contributed by atoms with E-state index in [1.54, 1.807) is 0 Å². The van der Waals surface area contributed by atoms with Gasteiger partial charge in [0.2, 0.25) is 0 Å². The van der Waals surface area contributed by atoms with Gasteiger partial charge < -0.3 is 4.90 Å². The fourth-order valence-electron chi connectivity index (χ4n) is 2.17. The number of likely N-dealkylation sites (tertiary alicyclic amines) is 1. The van der Waals surface area contributed by atoms with Gasteiger partial charge in [-0.3, -0.25) is 0 Å². The van der Waals surface area contributed by atoms with Crippen LogP contribution in [0.2, 0.25) is 0 Å². The van der Waals surface area contributed by atoms with Gasteiger partial charge in [-0.05, 0) is 45.2 Å². The van der Waals surface area contributed by atoms with Gasteiger partial charge in [-0.1, -0.05) is 6.92 Å². The molecule has 0 spiro atoms. The maximum absolute atomic E-state index is 8.39. The maximum atomic E-state index is 8.39. The van der Waals surface area contributed by atoms with Crippen LogP contribution in [0.25, 0.3) is 0 Å². The Hall–Kier alpha value is -0.550. The zero-order chi connectivity index (χ0) is 9.52. The average Bonchev–Trinajstić information content (AvgIpc) is 2.60. The summed E-state index contributed by atoms with van der Waals surface area (Å²) in [4.78, 5) is 2.59. The van der Waals surface area contributed by atoms with Gasteiger partial charge in [0.15, 0.2) is 0 Å². The summed E-state index contributed by atoms with van der Waals surface area (Å²) >= 11 is 0. The SMILES string of the molecule is CCC1CCCN1CCCCC#N. The van der Waals surface area contributed by atoms with Gasteiger partial charge in [-0.15, -0.1) is 0 Å². The Morgan fingerprint density at radius 1 is 1.46 bits per heavy atom. The maximum Gasteiger partial charge on any atom is 0.0621 e. The highest BCUT2D eigenvalue weighted by atomic mass is 15.2. The van der Waals surface area contributed by atoms with E-state index in [9.17, 15) is 0 Å². The highest BCUT2D eigenvalue weighted by molar-refractivity contribution is 4.78. The molecule has 1 atom stereocenters. The lowest BCUT2D eigenvalue weighted by atomic mass is 10.1. The van der Waals surface area contributed by atoms with E-state index in [1.807, 2.05) is 0 Å². The first kappa shape index (κ1) is 10.5. The summed E-state index contributed by atoms with van der Waals surface area (Å²) in [5.41, 5.74) is 0. The molecular formula is C11H20N2. The molecule has 1 fully saturated rings. The number of hydrogen-bond acceptors (Lipinski definition) is 2. The molecule has 1 rings (SSSR count). The van der Waals surface area contributed by atoms with Crippen LogP contribution >= 0.6 is 0 Å². The summed E-state index contributed by atoms with van der Waals surface area (Å²) in [5.74, 6) is 0. The summed E-state index contributed by atoms with van der Waals surface area (Å²) in [6.07, 6.45) is 7.04. The van der Waals surface area contributed by atoms with Crippen LogP contribution in [-0.4, -0.2) is 24.0 Å². The van der Waals surface area contributed by atoms with Crippen LogP contribution in [0, 0.1) is 11.3 Å². The standard InChI is InChI=1S/C11H20N2/c1-2-11-7-6-10-13(11)9-5-3-4-8-12/h11H,2-7,9-10H2,1H3. The van der Waals surface area contributed by atoms with Crippen molar-refractivity contribution in [3.63, 3.8) is 0 Å². The lowest BCUT2D eigenvalue weighted by Gasteiger charge is -2.22. The smallest absolute Gasteiger partial charge is 0.0621 e. The van der Waals surface area contributed by atoms with Crippen LogP contribution in [0.1, 0.15) is 45.4 Å². The minimum Gasteiger partial charge on any atom is -0.300 e. The summed E-state index contributed by atoms with van der Waals surface area (Å²) in [5, 5.41) is 8.39. The number of nitrogens with zero attached hydrogens (tertiary/aromatic N) is 2. The van der Waals surface area contributed by atoms with Gasteiger partial charge in [-0.2, -0.15) is 5.26 Å². The predicted octanol–water partition coefficient (Wildman–Crippen LogP) is 2.55. The van der Waals surface area contributed by atoms with E-state index in [2.05, 4.69) is 17.9 Å². The molecule has 2 nitrogen and oxygen atoms in total. The third kappa shape index (κ3) is 3.36. The molecule has 0 N–H and O–H groups in total. The molecule has 0 aromatic heterocycles. The third-order valence-corrected chi connectivity index (χ3v) is 2.95. The van der Waals surface area contributed by atoms with Gasteiger partial charge in [0, 0.05) is 12.5 Å². The second-order valence-electron chi connectivity index (χ2n) is 3.86. The molecule has 1 heterocycles. The molecule has 74 valence electrons. The molecule has 0 radical (unpaired) electrons. The summed E-state index contributed by atoms with van der Waals surface area (Å²) in [7, 11) is 0. The van der Waals surface area contributed by atoms with Crippen molar-refractivity contribution in [2.24, 2.45) is 0 Å². The van der Waals surface area contributed by atoms with Crippen LogP contribution < -0.4 is 0 Å². The van der Waals surface area contributed by atoms with Crippen molar-refractivity contribution in [1.29, 1.82) is 5.26 Å². The molecule has 2 heteroatoms. The molecular weight excluding hydrogens is 160 g/mol. The van der Waals surface area contributed by atoms with E-state index in [0.29, 0.717) is 0 Å². The first-order valence-corrected chi connectivity index (χ1v) is 5.49. The average molecular weight is 180 g/mol. The summed E-state index contributed by atoms with van der Waals surface area (Å²) in [6, 6.07) is 3.04. The fraction of sp³-hybridized carbons (Fsp3) is 0.909. The van der Waals surface area contributed by atoms with Crippen molar-refractivity contribution in [3.8, 4) is 6.07 Å². The third-order valence-electron chi connectivity index (χ3n) is 2.95. The van der Waals surface area contributed by atoms with Crippen molar-refractivity contribution < 1.29 is 0 Å². The minimum atomic E-state index is 0.727. The van der Waals surface area contributed by atoms with Gasteiger partial charge in [0.1, 0.15) is 0 Å². The van der Waals surface area contributed by atoms with Crippen molar-refractivity contribution >= 4 is 0 Å². The number of nitriles is 1. The molecule has 0 aliphatic carbocycles. The molecule has 1 unspecified atom stereocenters. The topological polar surface area (TPSA) is 27.0 Å². The van der Waals surface area contributed by atoms with Gasteiger partial charge in [0.05, 0.1) is 6.07 Å². The Morgan fingerprint density at radius 2 is 2.31 bits per heavy atom. The van der Waals surface area contributed by atoms with Crippen molar-refractivity contribution in [2.45, 2.75) is 51.5 Å². The number of rotatable bonds is 5. The summed E-state index contributed by atoms with van der Waals surface area (Å²) in [6.45, 7) is 4.77. The molecule has 1 aliphatic heterocycles. The Labute approximate surface area is 81.5 Å². The molecule has 0 bridgehead atoms. The first-order valence-electron chi connectivity index (χ1n) is 5.49. The van der Waals surface area contributed by atoms with Crippen molar-refractivity contribution in [1.82, 2.24) is 4.90 Å². The lowest BCUT2D eigenvalue weighted by molar-refractivity contribution is 0.244. The molecule has 1 aliphatic rings. The second kappa shape index (κ2) is 5.99. The van der Waals surface area contributed by atoms with Crippen LogP contribution in [-0.2, 0) is 0 Å². The van der Waals surface area contributed by atoms with E-state index in [1.165, 1.54) is 38.8 Å². The highest BCUT2D eigenvalue weighted by Crippen LogP contribution is 2.19. The number of hydrogen-bond donors (Lipinski definition) is 0. The van der Waals surface area contributed by atoms with E-state index in [0.717, 1.165) is 18.9 Å². The Bertz CT molecular complexity index is 171. The summed E-state index contributed by atoms with van der Waals surface area (Å²) < 4.78 is 0. The van der Waals surface area contributed by atoms with Gasteiger partial charge >= 0.3 is 0 Å². The minimum absolute atomic E-state index is 0.727. The van der Waals surface area contributed by atoms with Crippen molar-refractivity contribution in [2.75, 3.05) is 13.1 Å². The van der Waals surface area contributed by atoms with Crippen LogP contribution in [0.4, 0.5) is 0 Å². The monoisotopic (exact) mass is 180 g/mol. The molecule has 0 saturated carbocycles. The van der Waals surface area contributed by atoms with Crippen LogP contribution in [0.3, 0.4) is 0 Å². The quantitative estimate of drug-likeness (QED) is 0.608. The Balaban J connectivity index is 2.10. The molecule has 0 aromatic carbocycles. The normalized spacial score (nSPS) is 23.2. The zero-order valence-electron chi connectivity index (χ0n) is 8.63. The highest BCUT2D eigenvalue weighted by Gasteiger charge is 2.21.